The molecule has 0 amide bonds. The molecule has 0 bridgehead atoms. The molecule has 2 N–H and O–H groups in total. The lowest BCUT2D eigenvalue weighted by Gasteiger charge is -2.02. The fourth-order valence-corrected chi connectivity index (χ4v) is 1.14. The molecule has 2 rings (SSSR count). The van der Waals surface area contributed by atoms with Gasteiger partial charge in [0.2, 0.25) is 0 Å². The van der Waals surface area contributed by atoms with Crippen LogP contribution in [-0.4, -0.2) is 26.5 Å². The van der Waals surface area contributed by atoms with Crippen LogP contribution in [0.15, 0.2) is 12.7 Å². The minimum absolute atomic E-state index is 0.702. The molecule has 0 aliphatic heterocycles. The quantitative estimate of drug-likeness (QED) is 0.860. The van der Waals surface area contributed by atoms with Crippen LogP contribution < -0.4 is 5.32 Å². The first-order chi connectivity index (χ1) is 8.42. The third kappa shape index (κ3) is 4.38. The van der Waals surface area contributed by atoms with E-state index in [0.717, 1.165) is 24.3 Å². The van der Waals surface area contributed by atoms with Crippen LogP contribution in [0.3, 0.4) is 0 Å². The van der Waals surface area contributed by atoms with E-state index in [1.54, 1.807) is 6.33 Å². The van der Waals surface area contributed by atoms with Crippen LogP contribution >= 0.6 is 0 Å². The van der Waals surface area contributed by atoms with Crippen LogP contribution in [0.1, 0.15) is 41.0 Å². The van der Waals surface area contributed by atoms with Gasteiger partial charge in [0.05, 0.1) is 6.33 Å². The molecule has 0 aliphatic rings. The number of rotatable bonds is 3. The second kappa shape index (κ2) is 9.57. The Morgan fingerprint density at radius 3 is 2.47 bits per heavy atom. The molecule has 0 unspecified atom stereocenters. The van der Waals surface area contributed by atoms with Gasteiger partial charge in [-0.25, -0.2) is 15.0 Å². The normalized spacial score (nSPS) is 8.76. The van der Waals surface area contributed by atoms with Crippen molar-refractivity contribution in [1.29, 1.82) is 0 Å². The molecule has 0 spiro atoms. The lowest BCUT2D eigenvalue weighted by Crippen LogP contribution is -2.02. The molecule has 96 valence electrons. The fraction of sp³-hybridized carbons (Fsp3) is 0.583. The number of aromatic amines is 1. The van der Waals surface area contributed by atoms with Crippen molar-refractivity contribution in [2.24, 2.45) is 0 Å². The number of hydrogen-bond acceptors (Lipinski definition) is 4. The summed E-state index contributed by atoms with van der Waals surface area (Å²) in [6.07, 6.45) is 4.21. The molecule has 0 aliphatic carbocycles. The maximum Gasteiger partial charge on any atom is 0.182 e. The van der Waals surface area contributed by atoms with Crippen LogP contribution in [-0.2, 0) is 0 Å². The van der Waals surface area contributed by atoms with Gasteiger partial charge < -0.3 is 10.3 Å². The molecule has 0 saturated carbocycles. The summed E-state index contributed by atoms with van der Waals surface area (Å²) in [6, 6.07) is 0. The Morgan fingerprint density at radius 2 is 1.82 bits per heavy atom. The summed E-state index contributed by atoms with van der Waals surface area (Å²) >= 11 is 0. The van der Waals surface area contributed by atoms with Gasteiger partial charge in [-0.2, -0.15) is 0 Å². The van der Waals surface area contributed by atoms with E-state index in [2.05, 4.69) is 32.2 Å². The van der Waals surface area contributed by atoms with Crippen LogP contribution in [0.2, 0.25) is 0 Å². The summed E-state index contributed by atoms with van der Waals surface area (Å²) in [5, 5.41) is 3.20. The Balaban J connectivity index is 0.000000581. The van der Waals surface area contributed by atoms with E-state index in [-0.39, 0.29) is 0 Å². The molecule has 5 nitrogen and oxygen atoms in total. The van der Waals surface area contributed by atoms with Crippen molar-refractivity contribution in [2.75, 3.05) is 11.9 Å². The molecular weight excluding hydrogens is 214 g/mol. The van der Waals surface area contributed by atoms with E-state index in [1.807, 2.05) is 27.7 Å². The number of anilines is 1. The molecule has 0 atom stereocenters. The number of fused-ring (bicyclic) bond motifs is 1. The zero-order valence-corrected chi connectivity index (χ0v) is 11.4. The Kier molecular flexibility index (Phi) is 8.64. The van der Waals surface area contributed by atoms with Crippen molar-refractivity contribution in [3.63, 3.8) is 0 Å². The van der Waals surface area contributed by atoms with E-state index in [9.17, 15) is 0 Å². The highest BCUT2D eigenvalue weighted by Crippen LogP contribution is 2.13. The van der Waals surface area contributed by atoms with Crippen LogP contribution in [0.5, 0.6) is 0 Å². The molecular formula is C12H23N5. The van der Waals surface area contributed by atoms with Crippen LogP contribution in [0, 0.1) is 0 Å². The maximum absolute atomic E-state index is 4.12. The van der Waals surface area contributed by atoms with Gasteiger partial charge in [-0.1, -0.05) is 34.6 Å². The van der Waals surface area contributed by atoms with Gasteiger partial charge in [0.15, 0.2) is 11.5 Å². The average molecular weight is 237 g/mol. The molecule has 0 aromatic carbocycles. The number of imidazole rings is 1. The molecule has 0 radical (unpaired) electrons. The van der Waals surface area contributed by atoms with Gasteiger partial charge in [0, 0.05) is 6.54 Å². The van der Waals surface area contributed by atoms with Crippen molar-refractivity contribution < 1.29 is 0 Å². The lowest BCUT2D eigenvalue weighted by atomic mass is 10.4. The number of nitrogens with zero attached hydrogens (tertiary/aromatic N) is 3. The van der Waals surface area contributed by atoms with Crippen LogP contribution in [0.25, 0.3) is 11.2 Å². The Hall–Kier alpha value is -1.65. The van der Waals surface area contributed by atoms with Gasteiger partial charge in [-0.05, 0) is 6.42 Å². The molecule has 0 saturated heterocycles. The van der Waals surface area contributed by atoms with Gasteiger partial charge in [-0.3, -0.25) is 0 Å². The Bertz CT molecular complexity index is 396. The summed E-state index contributed by atoms with van der Waals surface area (Å²) in [5.74, 6) is 0.823. The standard InChI is InChI=1S/C8H11N5.2C2H6/c1-2-3-9-7-6-8(11-4-10-6)13-5-12-7;2*1-2/h4-5H,2-3H2,1H3,(H2,9,10,11,12,13);2*1-2H3. The number of H-pyrrole nitrogens is 1. The second-order valence-corrected chi connectivity index (χ2v) is 2.75. The lowest BCUT2D eigenvalue weighted by molar-refractivity contribution is 0.968. The van der Waals surface area contributed by atoms with E-state index >= 15 is 0 Å². The predicted molar refractivity (Wildman–Crippen MR) is 73.2 cm³/mol. The van der Waals surface area contributed by atoms with Crippen molar-refractivity contribution in [3.8, 4) is 0 Å². The van der Waals surface area contributed by atoms with E-state index in [4.69, 9.17) is 0 Å². The van der Waals surface area contributed by atoms with Crippen molar-refractivity contribution in [2.45, 2.75) is 41.0 Å². The summed E-state index contributed by atoms with van der Waals surface area (Å²) in [4.78, 5) is 15.2. The molecule has 2 heterocycles. The summed E-state index contributed by atoms with van der Waals surface area (Å²) in [6.45, 7) is 11.0. The average Bonchev–Trinajstić information content (AvgIpc) is 2.90. The van der Waals surface area contributed by atoms with E-state index < -0.39 is 0 Å². The highest BCUT2D eigenvalue weighted by atomic mass is 15.1. The highest BCUT2D eigenvalue weighted by molar-refractivity contribution is 5.81. The fourth-order valence-electron chi connectivity index (χ4n) is 1.14. The third-order valence-electron chi connectivity index (χ3n) is 1.77. The molecule has 0 fully saturated rings. The zero-order chi connectivity index (χ0) is 13.1. The summed E-state index contributed by atoms with van der Waals surface area (Å²) in [7, 11) is 0. The summed E-state index contributed by atoms with van der Waals surface area (Å²) < 4.78 is 0. The Morgan fingerprint density at radius 1 is 1.12 bits per heavy atom. The van der Waals surface area contributed by atoms with Crippen molar-refractivity contribution in [3.05, 3.63) is 12.7 Å². The first-order valence-corrected chi connectivity index (χ1v) is 6.29. The van der Waals surface area contributed by atoms with E-state index in [0.29, 0.717) is 5.65 Å². The van der Waals surface area contributed by atoms with Crippen molar-refractivity contribution in [1.82, 2.24) is 19.9 Å². The predicted octanol–water partition coefficient (Wildman–Crippen LogP) is 3.23. The minimum Gasteiger partial charge on any atom is -0.368 e. The molecule has 5 heteroatoms. The van der Waals surface area contributed by atoms with E-state index in [1.165, 1.54) is 6.33 Å². The van der Waals surface area contributed by atoms with Gasteiger partial charge >= 0.3 is 0 Å². The number of nitrogens with one attached hydrogen (secondary N) is 2. The molecule has 17 heavy (non-hydrogen) atoms. The van der Waals surface area contributed by atoms with Crippen LogP contribution in [0.4, 0.5) is 5.82 Å². The number of aromatic nitrogens is 4. The van der Waals surface area contributed by atoms with Gasteiger partial charge in [0.25, 0.3) is 0 Å². The van der Waals surface area contributed by atoms with Gasteiger partial charge in [0.1, 0.15) is 11.8 Å². The molecule has 2 aromatic rings. The number of hydrogen-bond donors (Lipinski definition) is 2. The topological polar surface area (TPSA) is 66.5 Å². The maximum atomic E-state index is 4.12. The summed E-state index contributed by atoms with van der Waals surface area (Å²) in [5.41, 5.74) is 1.57. The first-order valence-electron chi connectivity index (χ1n) is 6.29. The highest BCUT2D eigenvalue weighted by Gasteiger charge is 2.03. The van der Waals surface area contributed by atoms with Gasteiger partial charge in [-0.15, -0.1) is 0 Å². The third-order valence-corrected chi connectivity index (χ3v) is 1.77. The SMILES string of the molecule is CC.CC.CCCNc1ncnc2nc[nH]c12. The minimum atomic E-state index is 0.702. The molecule has 2 aromatic heterocycles. The second-order valence-electron chi connectivity index (χ2n) is 2.75. The monoisotopic (exact) mass is 237 g/mol. The smallest absolute Gasteiger partial charge is 0.182 e. The first kappa shape index (κ1) is 15.3. The largest absolute Gasteiger partial charge is 0.368 e. The zero-order valence-electron chi connectivity index (χ0n) is 11.4. The van der Waals surface area contributed by atoms with Crippen molar-refractivity contribution >= 4 is 17.0 Å². The Labute approximate surface area is 103 Å².